The Morgan fingerprint density at radius 1 is 1.73 bits per heavy atom. The summed E-state index contributed by atoms with van der Waals surface area (Å²) in [5.74, 6) is 0. The summed E-state index contributed by atoms with van der Waals surface area (Å²) in [5, 5.41) is 3.68. The maximum atomic E-state index is 11.1. The molecule has 1 rings (SSSR count). The summed E-state index contributed by atoms with van der Waals surface area (Å²) in [6.45, 7) is 0. The minimum Gasteiger partial charge on any atom is -0.329 e. The zero-order valence-corrected chi connectivity index (χ0v) is 6.91. The zero-order chi connectivity index (χ0) is 8.43. The highest BCUT2D eigenvalue weighted by atomic mass is 35.5. The first-order valence-electron chi connectivity index (χ1n) is 2.90. The van der Waals surface area contributed by atoms with E-state index in [9.17, 15) is 4.79 Å². The van der Waals surface area contributed by atoms with Crippen LogP contribution in [0.3, 0.4) is 0 Å². The molecule has 0 fully saturated rings. The number of hydrogen-bond acceptors (Lipinski definition) is 3. The average molecular weight is 175 g/mol. The monoisotopic (exact) mass is 174 g/mol. The molecule has 0 unspecified atom stereocenters. The lowest BCUT2D eigenvalue weighted by molar-refractivity contribution is 0.216. The number of carbonyl (C=O) groups is 1. The van der Waals surface area contributed by atoms with Crippen LogP contribution in [0.25, 0.3) is 0 Å². The molecule has 1 amide bonds. The van der Waals surface area contributed by atoms with Gasteiger partial charge in [-0.3, -0.25) is 0 Å². The molecule has 1 heterocycles. The van der Waals surface area contributed by atoms with Crippen LogP contribution in [-0.2, 0) is 0 Å². The van der Waals surface area contributed by atoms with Crippen LogP contribution in [-0.4, -0.2) is 39.8 Å². The Bertz CT molecular complexity index is 269. The van der Waals surface area contributed by atoms with Gasteiger partial charge in [-0.05, 0) is 11.6 Å². The summed E-state index contributed by atoms with van der Waals surface area (Å²) < 4.78 is 1.07. The van der Waals surface area contributed by atoms with Crippen molar-refractivity contribution in [2.75, 3.05) is 14.1 Å². The highest BCUT2D eigenvalue weighted by molar-refractivity contribution is 6.28. The highest BCUT2D eigenvalue weighted by Crippen LogP contribution is 1.97. The first-order chi connectivity index (χ1) is 5.11. The zero-order valence-electron chi connectivity index (χ0n) is 6.15. The van der Waals surface area contributed by atoms with Gasteiger partial charge in [0.2, 0.25) is 5.28 Å². The fourth-order valence-corrected chi connectivity index (χ4v) is 0.665. The molecule has 0 aliphatic carbocycles. The lowest BCUT2D eigenvalue weighted by Gasteiger charge is -2.07. The van der Waals surface area contributed by atoms with Crippen LogP contribution in [0.15, 0.2) is 6.33 Å². The third-order valence-electron chi connectivity index (χ3n) is 1.04. The van der Waals surface area contributed by atoms with Crippen LogP contribution in [0.2, 0.25) is 5.28 Å². The smallest absolute Gasteiger partial charge is 0.329 e. The lowest BCUT2D eigenvalue weighted by atomic mass is 10.8. The summed E-state index contributed by atoms with van der Waals surface area (Å²) in [6.07, 6.45) is 1.27. The minimum absolute atomic E-state index is 0.0696. The molecule has 60 valence electrons. The Morgan fingerprint density at radius 3 is 2.73 bits per heavy atom. The fourth-order valence-electron chi connectivity index (χ4n) is 0.540. The van der Waals surface area contributed by atoms with E-state index < -0.39 is 0 Å². The molecular weight excluding hydrogens is 168 g/mol. The van der Waals surface area contributed by atoms with E-state index in [0.717, 1.165) is 4.68 Å². The van der Waals surface area contributed by atoms with E-state index in [-0.39, 0.29) is 11.3 Å². The van der Waals surface area contributed by atoms with E-state index in [1.807, 2.05) is 0 Å². The number of rotatable bonds is 0. The van der Waals surface area contributed by atoms with Crippen LogP contribution in [0, 0.1) is 0 Å². The predicted molar refractivity (Wildman–Crippen MR) is 39.5 cm³/mol. The van der Waals surface area contributed by atoms with E-state index in [4.69, 9.17) is 11.6 Å². The van der Waals surface area contributed by atoms with Crippen molar-refractivity contribution < 1.29 is 4.79 Å². The van der Waals surface area contributed by atoms with Gasteiger partial charge in [0.25, 0.3) is 0 Å². The molecule has 0 spiro atoms. The molecule has 0 saturated carbocycles. The summed E-state index contributed by atoms with van der Waals surface area (Å²) in [7, 11) is 3.25. The third-order valence-corrected chi connectivity index (χ3v) is 1.22. The molecule has 5 nitrogen and oxygen atoms in total. The molecule has 0 N–H and O–H groups in total. The Labute approximate surface area is 68.6 Å². The number of aromatic nitrogens is 3. The van der Waals surface area contributed by atoms with Gasteiger partial charge in [0.1, 0.15) is 6.33 Å². The molecule has 1 aromatic rings. The van der Waals surface area contributed by atoms with Gasteiger partial charge >= 0.3 is 6.03 Å². The van der Waals surface area contributed by atoms with Gasteiger partial charge < -0.3 is 4.90 Å². The first-order valence-corrected chi connectivity index (χ1v) is 3.28. The molecule has 6 heteroatoms. The molecule has 0 aliphatic rings. The number of carbonyl (C=O) groups excluding carboxylic acids is 1. The van der Waals surface area contributed by atoms with Gasteiger partial charge in [0.05, 0.1) is 0 Å². The number of nitrogens with zero attached hydrogens (tertiary/aromatic N) is 4. The largest absolute Gasteiger partial charge is 0.345 e. The normalized spacial score (nSPS) is 9.73. The van der Waals surface area contributed by atoms with Crippen molar-refractivity contribution in [3.05, 3.63) is 11.6 Å². The van der Waals surface area contributed by atoms with Crippen molar-refractivity contribution in [1.82, 2.24) is 19.7 Å². The van der Waals surface area contributed by atoms with Crippen molar-refractivity contribution in [1.29, 1.82) is 0 Å². The maximum Gasteiger partial charge on any atom is 0.345 e. The van der Waals surface area contributed by atoms with Gasteiger partial charge in [0.15, 0.2) is 0 Å². The van der Waals surface area contributed by atoms with Crippen molar-refractivity contribution in [2.45, 2.75) is 0 Å². The topological polar surface area (TPSA) is 51.0 Å². The molecular formula is C5H7ClN4O. The Morgan fingerprint density at radius 2 is 2.36 bits per heavy atom. The summed E-state index contributed by atoms with van der Waals surface area (Å²) in [4.78, 5) is 16.1. The molecule has 1 aromatic heterocycles. The summed E-state index contributed by atoms with van der Waals surface area (Å²) in [6, 6.07) is -0.274. The van der Waals surface area contributed by atoms with Crippen molar-refractivity contribution in [2.24, 2.45) is 0 Å². The van der Waals surface area contributed by atoms with Gasteiger partial charge in [-0.15, -0.1) is 5.10 Å². The van der Waals surface area contributed by atoms with Crippen molar-refractivity contribution >= 4 is 17.6 Å². The average Bonchev–Trinajstić information content (AvgIpc) is 2.34. The Kier molecular flexibility index (Phi) is 2.09. The predicted octanol–water partition coefficient (Wildman–Crippen LogP) is 0.461. The number of hydrogen-bond donors (Lipinski definition) is 0. The number of amides is 1. The highest BCUT2D eigenvalue weighted by Gasteiger charge is 2.07. The van der Waals surface area contributed by atoms with Crippen LogP contribution in [0.5, 0.6) is 0 Å². The second kappa shape index (κ2) is 2.87. The van der Waals surface area contributed by atoms with Gasteiger partial charge in [0, 0.05) is 14.1 Å². The van der Waals surface area contributed by atoms with E-state index in [2.05, 4.69) is 10.1 Å². The molecule has 11 heavy (non-hydrogen) atoms. The fraction of sp³-hybridized carbons (Fsp3) is 0.400. The van der Waals surface area contributed by atoms with E-state index in [1.54, 1.807) is 14.1 Å². The van der Waals surface area contributed by atoms with Crippen molar-refractivity contribution in [3.8, 4) is 0 Å². The van der Waals surface area contributed by atoms with Crippen LogP contribution in [0.1, 0.15) is 0 Å². The quantitative estimate of drug-likeness (QED) is 0.574. The SMILES string of the molecule is CN(C)C(=O)n1cnc(Cl)n1. The van der Waals surface area contributed by atoms with Crippen molar-refractivity contribution in [3.63, 3.8) is 0 Å². The lowest BCUT2D eigenvalue weighted by Crippen LogP contribution is -2.27. The van der Waals surface area contributed by atoms with Crippen LogP contribution < -0.4 is 0 Å². The van der Waals surface area contributed by atoms with E-state index >= 15 is 0 Å². The molecule has 0 atom stereocenters. The van der Waals surface area contributed by atoms with E-state index in [0.29, 0.717) is 0 Å². The molecule has 0 bridgehead atoms. The maximum absolute atomic E-state index is 11.1. The molecule has 0 saturated heterocycles. The van der Waals surface area contributed by atoms with E-state index in [1.165, 1.54) is 11.2 Å². The van der Waals surface area contributed by atoms with Gasteiger partial charge in [-0.2, -0.15) is 4.68 Å². The summed E-state index contributed by atoms with van der Waals surface area (Å²) in [5.41, 5.74) is 0. The minimum atomic E-state index is -0.274. The molecule has 0 aliphatic heterocycles. The molecule has 0 radical (unpaired) electrons. The molecule has 0 aromatic carbocycles. The Balaban J connectivity index is 2.85. The van der Waals surface area contributed by atoms with Gasteiger partial charge in [-0.1, -0.05) is 0 Å². The third kappa shape index (κ3) is 1.68. The standard InChI is InChI=1S/C5H7ClN4O/c1-9(2)5(11)10-3-7-4(6)8-10/h3H,1-2H3. The second-order valence-corrected chi connectivity index (χ2v) is 2.47. The number of halogens is 1. The van der Waals surface area contributed by atoms with Crippen LogP contribution >= 0.6 is 11.6 Å². The van der Waals surface area contributed by atoms with Gasteiger partial charge in [-0.25, -0.2) is 9.78 Å². The first kappa shape index (κ1) is 8.00. The second-order valence-electron chi connectivity index (χ2n) is 2.14. The Hall–Kier alpha value is -1.10. The van der Waals surface area contributed by atoms with Crippen LogP contribution in [0.4, 0.5) is 4.79 Å². The summed E-state index contributed by atoms with van der Waals surface area (Å²) >= 11 is 5.40.